The highest BCUT2D eigenvalue weighted by Crippen LogP contribution is 2.31. The van der Waals surface area contributed by atoms with Crippen molar-refractivity contribution in [3.8, 4) is 11.3 Å². The predicted octanol–water partition coefficient (Wildman–Crippen LogP) is 5.06. The van der Waals surface area contributed by atoms with E-state index in [0.717, 1.165) is 18.4 Å². The van der Waals surface area contributed by atoms with Crippen LogP contribution in [0, 0.1) is 5.92 Å². The molecular formula is C20H16ClN3O2S. The van der Waals surface area contributed by atoms with E-state index in [4.69, 9.17) is 11.6 Å². The third-order valence-corrected chi connectivity index (χ3v) is 5.30. The summed E-state index contributed by atoms with van der Waals surface area (Å²) in [6.45, 7) is 0. The number of benzene rings is 2. The SMILES string of the molecule is O=C(Nc1nc(-c2ccccc2Cl)cs1)c1cccc(NC(=O)C2CC2)c1. The molecule has 136 valence electrons. The molecular weight excluding hydrogens is 382 g/mol. The zero-order chi connectivity index (χ0) is 18.8. The molecule has 0 unspecified atom stereocenters. The molecule has 0 spiro atoms. The van der Waals surface area contributed by atoms with Gasteiger partial charge in [0.1, 0.15) is 0 Å². The highest BCUT2D eigenvalue weighted by molar-refractivity contribution is 7.14. The molecule has 27 heavy (non-hydrogen) atoms. The number of hydrogen-bond acceptors (Lipinski definition) is 4. The lowest BCUT2D eigenvalue weighted by molar-refractivity contribution is -0.117. The second kappa shape index (κ2) is 7.50. The fourth-order valence-electron chi connectivity index (χ4n) is 2.62. The molecule has 0 aliphatic heterocycles. The van der Waals surface area contributed by atoms with E-state index in [1.54, 1.807) is 30.3 Å². The number of carbonyl (C=O) groups is 2. The average Bonchev–Trinajstić information content (AvgIpc) is 3.43. The molecule has 0 saturated heterocycles. The van der Waals surface area contributed by atoms with Gasteiger partial charge in [0.2, 0.25) is 5.91 Å². The maximum Gasteiger partial charge on any atom is 0.257 e. The highest BCUT2D eigenvalue weighted by atomic mass is 35.5. The first-order valence-corrected chi connectivity index (χ1v) is 9.78. The lowest BCUT2D eigenvalue weighted by atomic mass is 10.2. The number of anilines is 2. The molecule has 1 fully saturated rings. The summed E-state index contributed by atoms with van der Waals surface area (Å²) in [4.78, 5) is 28.9. The number of nitrogens with one attached hydrogen (secondary N) is 2. The second-order valence-corrected chi connectivity index (χ2v) is 7.58. The van der Waals surface area contributed by atoms with E-state index in [1.165, 1.54) is 11.3 Å². The monoisotopic (exact) mass is 397 g/mol. The van der Waals surface area contributed by atoms with Crippen LogP contribution in [0.3, 0.4) is 0 Å². The Balaban J connectivity index is 1.46. The van der Waals surface area contributed by atoms with Crippen molar-refractivity contribution in [2.24, 2.45) is 5.92 Å². The van der Waals surface area contributed by atoms with Crippen molar-refractivity contribution in [2.75, 3.05) is 10.6 Å². The molecule has 1 aliphatic carbocycles. The third-order valence-electron chi connectivity index (χ3n) is 4.21. The summed E-state index contributed by atoms with van der Waals surface area (Å²) in [5.74, 6) is -0.157. The van der Waals surface area contributed by atoms with Crippen molar-refractivity contribution in [1.82, 2.24) is 4.98 Å². The first-order valence-electron chi connectivity index (χ1n) is 8.53. The summed E-state index contributed by atoms with van der Waals surface area (Å²) in [5, 5.41) is 8.59. The summed E-state index contributed by atoms with van der Waals surface area (Å²) < 4.78 is 0. The Kier molecular flexibility index (Phi) is 4.92. The van der Waals surface area contributed by atoms with E-state index >= 15 is 0 Å². The van der Waals surface area contributed by atoms with Crippen LogP contribution in [-0.4, -0.2) is 16.8 Å². The summed E-state index contributed by atoms with van der Waals surface area (Å²) in [6.07, 6.45) is 1.87. The Labute approximate surface area is 165 Å². The molecule has 2 aromatic carbocycles. The van der Waals surface area contributed by atoms with Crippen molar-refractivity contribution < 1.29 is 9.59 Å². The molecule has 2 N–H and O–H groups in total. The van der Waals surface area contributed by atoms with E-state index in [0.29, 0.717) is 27.1 Å². The van der Waals surface area contributed by atoms with Crippen molar-refractivity contribution in [3.63, 3.8) is 0 Å². The minimum Gasteiger partial charge on any atom is -0.326 e. The summed E-state index contributed by atoms with van der Waals surface area (Å²) in [5.41, 5.74) is 2.61. The highest BCUT2D eigenvalue weighted by Gasteiger charge is 2.29. The Hall–Kier alpha value is -2.70. The first-order chi connectivity index (χ1) is 13.1. The van der Waals surface area contributed by atoms with Gasteiger partial charge in [0.15, 0.2) is 5.13 Å². The van der Waals surface area contributed by atoms with Crippen molar-refractivity contribution >= 4 is 45.6 Å². The van der Waals surface area contributed by atoms with Crippen LogP contribution in [0.2, 0.25) is 5.02 Å². The van der Waals surface area contributed by atoms with Gasteiger partial charge in [-0.05, 0) is 37.1 Å². The summed E-state index contributed by atoms with van der Waals surface area (Å²) in [6, 6.07) is 14.3. The van der Waals surface area contributed by atoms with Gasteiger partial charge in [-0.3, -0.25) is 14.9 Å². The van der Waals surface area contributed by atoms with E-state index < -0.39 is 0 Å². The van der Waals surface area contributed by atoms with Gasteiger partial charge in [-0.15, -0.1) is 11.3 Å². The van der Waals surface area contributed by atoms with Crippen LogP contribution in [0.5, 0.6) is 0 Å². The summed E-state index contributed by atoms with van der Waals surface area (Å²) >= 11 is 7.53. The van der Waals surface area contributed by atoms with Crippen LogP contribution in [0.15, 0.2) is 53.9 Å². The zero-order valence-electron chi connectivity index (χ0n) is 14.2. The minimum absolute atomic E-state index is 0.0110. The van der Waals surface area contributed by atoms with Gasteiger partial charge in [-0.2, -0.15) is 0 Å². The number of rotatable bonds is 5. The van der Waals surface area contributed by atoms with Crippen molar-refractivity contribution in [2.45, 2.75) is 12.8 Å². The molecule has 0 bridgehead atoms. The maximum atomic E-state index is 12.5. The Morgan fingerprint density at radius 3 is 2.67 bits per heavy atom. The minimum atomic E-state index is -0.280. The van der Waals surface area contributed by atoms with Crippen LogP contribution in [0.25, 0.3) is 11.3 Å². The van der Waals surface area contributed by atoms with Gasteiger partial charge >= 0.3 is 0 Å². The lowest BCUT2D eigenvalue weighted by Gasteiger charge is -2.07. The van der Waals surface area contributed by atoms with Crippen LogP contribution in [-0.2, 0) is 4.79 Å². The number of halogens is 1. The zero-order valence-corrected chi connectivity index (χ0v) is 15.8. The van der Waals surface area contributed by atoms with E-state index in [9.17, 15) is 9.59 Å². The van der Waals surface area contributed by atoms with Gasteiger partial charge in [-0.25, -0.2) is 4.98 Å². The molecule has 1 aromatic heterocycles. The van der Waals surface area contributed by atoms with Gasteiger partial charge < -0.3 is 5.32 Å². The van der Waals surface area contributed by atoms with Crippen LogP contribution in [0.4, 0.5) is 10.8 Å². The largest absolute Gasteiger partial charge is 0.326 e. The number of carbonyl (C=O) groups excluding carboxylic acids is 2. The second-order valence-electron chi connectivity index (χ2n) is 6.32. The van der Waals surface area contributed by atoms with E-state index in [1.807, 2.05) is 23.6 Å². The van der Waals surface area contributed by atoms with Crippen LogP contribution < -0.4 is 10.6 Å². The van der Waals surface area contributed by atoms with Crippen LogP contribution in [0.1, 0.15) is 23.2 Å². The van der Waals surface area contributed by atoms with Gasteiger partial charge in [0.05, 0.1) is 5.69 Å². The first kappa shape index (κ1) is 17.7. The van der Waals surface area contributed by atoms with Gasteiger partial charge in [0, 0.05) is 33.1 Å². The molecule has 1 saturated carbocycles. The molecule has 2 amide bonds. The molecule has 0 radical (unpaired) electrons. The molecule has 1 aliphatic rings. The Bertz CT molecular complexity index is 1010. The third kappa shape index (κ3) is 4.18. The number of aromatic nitrogens is 1. The number of amides is 2. The summed E-state index contributed by atoms with van der Waals surface area (Å²) in [7, 11) is 0. The number of hydrogen-bond donors (Lipinski definition) is 2. The standard InChI is InChI=1S/C20H16ClN3O2S/c21-16-7-2-1-6-15(16)17-11-27-20(23-17)24-19(26)13-4-3-5-14(10-13)22-18(25)12-8-9-12/h1-7,10-12H,8-9H2,(H,22,25)(H,23,24,26). The quantitative estimate of drug-likeness (QED) is 0.631. The molecule has 5 nitrogen and oxygen atoms in total. The molecule has 3 aromatic rings. The van der Waals surface area contributed by atoms with Gasteiger partial charge in [-0.1, -0.05) is 35.9 Å². The average molecular weight is 398 g/mol. The molecule has 1 heterocycles. The van der Waals surface area contributed by atoms with Crippen LogP contribution >= 0.6 is 22.9 Å². The molecule has 7 heteroatoms. The number of nitrogens with zero attached hydrogens (tertiary/aromatic N) is 1. The van der Waals surface area contributed by atoms with E-state index in [-0.39, 0.29) is 17.7 Å². The van der Waals surface area contributed by atoms with E-state index in [2.05, 4.69) is 15.6 Å². The maximum absolute atomic E-state index is 12.5. The predicted molar refractivity (Wildman–Crippen MR) is 108 cm³/mol. The van der Waals surface area contributed by atoms with Crippen molar-refractivity contribution in [1.29, 1.82) is 0 Å². The molecule has 0 atom stereocenters. The Morgan fingerprint density at radius 1 is 1.07 bits per heavy atom. The Morgan fingerprint density at radius 2 is 1.89 bits per heavy atom. The number of thiazole rings is 1. The normalized spacial score (nSPS) is 13.2. The smallest absolute Gasteiger partial charge is 0.257 e. The topological polar surface area (TPSA) is 71.1 Å². The fourth-order valence-corrected chi connectivity index (χ4v) is 3.56. The fraction of sp³-hybridized carbons (Fsp3) is 0.150. The lowest BCUT2D eigenvalue weighted by Crippen LogP contribution is -2.15. The molecule has 4 rings (SSSR count). The van der Waals surface area contributed by atoms with Crippen molar-refractivity contribution in [3.05, 3.63) is 64.5 Å². The van der Waals surface area contributed by atoms with Gasteiger partial charge in [0.25, 0.3) is 5.91 Å².